The Labute approximate surface area is 162 Å². The topological polar surface area (TPSA) is 89.0 Å². The van der Waals surface area contributed by atoms with Gasteiger partial charge in [-0.1, -0.05) is 0 Å². The van der Waals surface area contributed by atoms with Crippen LogP contribution in [-0.2, 0) is 9.53 Å². The molecule has 0 bridgehead atoms. The van der Waals surface area contributed by atoms with Crippen LogP contribution in [0.4, 0.5) is 5.82 Å². The van der Waals surface area contributed by atoms with Crippen LogP contribution in [0.3, 0.4) is 0 Å². The minimum atomic E-state index is -0.00803. The molecule has 0 saturated carbocycles. The zero-order valence-corrected chi connectivity index (χ0v) is 16.1. The Hall–Kier alpha value is -2.32. The van der Waals surface area contributed by atoms with Crippen LogP contribution in [-0.4, -0.2) is 40.1 Å². The van der Waals surface area contributed by atoms with Crippen molar-refractivity contribution in [1.29, 1.82) is 0 Å². The molecule has 2 aliphatic heterocycles. The summed E-state index contributed by atoms with van der Waals surface area (Å²) in [5.41, 5.74) is 0.691. The monoisotopic (exact) mass is 385 g/mol. The second kappa shape index (κ2) is 8.14. The van der Waals surface area contributed by atoms with E-state index in [2.05, 4.69) is 25.6 Å². The lowest BCUT2D eigenvalue weighted by Crippen LogP contribution is -2.30. The van der Waals surface area contributed by atoms with Gasteiger partial charge in [0.1, 0.15) is 16.5 Å². The van der Waals surface area contributed by atoms with E-state index < -0.39 is 0 Å². The van der Waals surface area contributed by atoms with Gasteiger partial charge in [-0.05, 0) is 44.8 Å². The van der Waals surface area contributed by atoms with Gasteiger partial charge in [0.2, 0.25) is 5.91 Å². The number of rotatable bonds is 5. The Bertz CT molecular complexity index is 831. The first-order chi connectivity index (χ1) is 13.2. The number of aromatic nitrogens is 3. The quantitative estimate of drug-likeness (QED) is 0.822. The van der Waals surface area contributed by atoms with E-state index >= 15 is 0 Å². The minimum absolute atomic E-state index is 0.00803. The van der Waals surface area contributed by atoms with E-state index in [-0.39, 0.29) is 12.0 Å². The Morgan fingerprint density at radius 2 is 2.22 bits per heavy atom. The van der Waals surface area contributed by atoms with Crippen LogP contribution in [0, 0.1) is 5.92 Å². The van der Waals surface area contributed by atoms with Gasteiger partial charge in [-0.15, -0.1) is 11.3 Å². The van der Waals surface area contributed by atoms with Crippen molar-refractivity contribution in [2.75, 3.05) is 18.4 Å². The third kappa shape index (κ3) is 4.51. The molecule has 1 unspecified atom stereocenters. The van der Waals surface area contributed by atoms with Crippen LogP contribution in [0.1, 0.15) is 38.4 Å². The van der Waals surface area contributed by atoms with Crippen molar-refractivity contribution < 1.29 is 9.53 Å². The Morgan fingerprint density at radius 1 is 1.37 bits per heavy atom. The third-order valence-corrected chi connectivity index (χ3v) is 5.56. The van der Waals surface area contributed by atoms with Crippen molar-refractivity contribution in [2.45, 2.75) is 38.7 Å². The van der Waals surface area contributed by atoms with E-state index in [9.17, 15) is 4.79 Å². The third-order valence-electron chi connectivity index (χ3n) is 4.76. The molecule has 2 aliphatic rings. The number of amides is 1. The number of carbonyl (C=O) groups is 1. The molecule has 1 amide bonds. The fourth-order valence-electron chi connectivity index (χ4n) is 3.35. The van der Waals surface area contributed by atoms with Gasteiger partial charge in [-0.25, -0.2) is 15.0 Å². The van der Waals surface area contributed by atoms with Crippen molar-refractivity contribution in [3.05, 3.63) is 29.5 Å². The van der Waals surface area contributed by atoms with Crippen LogP contribution >= 0.6 is 11.3 Å². The molecule has 8 heteroatoms. The molecule has 142 valence electrons. The summed E-state index contributed by atoms with van der Waals surface area (Å²) in [5.74, 6) is 2.06. The summed E-state index contributed by atoms with van der Waals surface area (Å²) in [6.45, 7) is 3.97. The molecule has 4 heterocycles. The summed E-state index contributed by atoms with van der Waals surface area (Å²) in [6.07, 6.45) is 7.26. The molecule has 1 saturated heterocycles. The van der Waals surface area contributed by atoms with Crippen LogP contribution < -0.4 is 10.6 Å². The van der Waals surface area contributed by atoms with Gasteiger partial charge in [-0.3, -0.25) is 4.79 Å². The van der Waals surface area contributed by atoms with Crippen LogP contribution in [0.2, 0.25) is 0 Å². The number of hydrogen-bond acceptors (Lipinski definition) is 7. The first kappa shape index (κ1) is 18.1. The largest absolute Gasteiger partial charge is 0.487 e. The van der Waals surface area contributed by atoms with Crippen LogP contribution in [0.15, 0.2) is 23.7 Å². The van der Waals surface area contributed by atoms with Crippen molar-refractivity contribution in [1.82, 2.24) is 20.3 Å². The van der Waals surface area contributed by atoms with Crippen molar-refractivity contribution in [3.63, 3.8) is 0 Å². The highest BCUT2D eigenvalue weighted by Crippen LogP contribution is 2.28. The molecule has 1 fully saturated rings. The van der Waals surface area contributed by atoms with E-state index in [1.165, 1.54) is 11.3 Å². The highest BCUT2D eigenvalue weighted by atomic mass is 32.1. The predicted molar refractivity (Wildman–Crippen MR) is 105 cm³/mol. The molecule has 0 spiro atoms. The van der Waals surface area contributed by atoms with E-state index in [1.807, 2.05) is 18.4 Å². The maximum absolute atomic E-state index is 12.5. The number of anilines is 1. The SMILES string of the molecule is CC1CC=C(c2nc(NC(=O)CC3CCNCC3)cc(-c3nccs3)n2)O1. The van der Waals surface area contributed by atoms with Gasteiger partial charge in [0.15, 0.2) is 11.6 Å². The second-order valence-corrected chi connectivity index (χ2v) is 7.87. The number of nitrogens with one attached hydrogen (secondary N) is 2. The lowest BCUT2D eigenvalue weighted by atomic mass is 9.94. The van der Waals surface area contributed by atoms with E-state index in [4.69, 9.17) is 4.74 Å². The molecule has 7 nitrogen and oxygen atoms in total. The van der Waals surface area contributed by atoms with E-state index in [0.717, 1.165) is 37.4 Å². The summed E-state index contributed by atoms with van der Waals surface area (Å²) in [5, 5.41) is 8.97. The van der Waals surface area contributed by atoms with E-state index in [1.54, 1.807) is 12.3 Å². The summed E-state index contributed by atoms with van der Waals surface area (Å²) in [4.78, 5) is 26.0. The normalized spacial score (nSPS) is 20.2. The van der Waals surface area contributed by atoms with Gasteiger partial charge in [0.25, 0.3) is 0 Å². The highest BCUT2D eigenvalue weighted by molar-refractivity contribution is 7.13. The zero-order chi connectivity index (χ0) is 18.6. The van der Waals surface area contributed by atoms with E-state index in [0.29, 0.717) is 35.4 Å². The fourth-order valence-corrected chi connectivity index (χ4v) is 3.95. The predicted octanol–water partition coefficient (Wildman–Crippen LogP) is 3.08. The number of carbonyl (C=O) groups excluding carboxylic acids is 1. The van der Waals surface area contributed by atoms with Crippen molar-refractivity contribution >= 4 is 28.8 Å². The maximum Gasteiger partial charge on any atom is 0.225 e. The molecular formula is C19H23N5O2S. The Kier molecular flexibility index (Phi) is 5.45. The zero-order valence-electron chi connectivity index (χ0n) is 15.3. The average Bonchev–Trinajstić information content (AvgIpc) is 3.34. The molecule has 4 rings (SSSR count). The smallest absolute Gasteiger partial charge is 0.225 e. The molecule has 2 aromatic heterocycles. The number of piperidine rings is 1. The lowest BCUT2D eigenvalue weighted by Gasteiger charge is -2.21. The van der Waals surface area contributed by atoms with Gasteiger partial charge in [0.05, 0.1) is 6.10 Å². The second-order valence-electron chi connectivity index (χ2n) is 6.98. The van der Waals surface area contributed by atoms with Gasteiger partial charge >= 0.3 is 0 Å². The summed E-state index contributed by atoms with van der Waals surface area (Å²) >= 11 is 1.50. The summed E-state index contributed by atoms with van der Waals surface area (Å²) in [7, 11) is 0. The highest BCUT2D eigenvalue weighted by Gasteiger charge is 2.21. The number of hydrogen-bond donors (Lipinski definition) is 2. The first-order valence-electron chi connectivity index (χ1n) is 9.34. The number of nitrogens with zero attached hydrogens (tertiary/aromatic N) is 3. The molecule has 27 heavy (non-hydrogen) atoms. The maximum atomic E-state index is 12.5. The molecule has 2 N–H and O–H groups in total. The van der Waals surface area contributed by atoms with Crippen molar-refractivity contribution in [2.24, 2.45) is 5.92 Å². The minimum Gasteiger partial charge on any atom is -0.487 e. The average molecular weight is 385 g/mol. The molecule has 0 radical (unpaired) electrons. The number of ether oxygens (including phenoxy) is 1. The molecule has 1 atom stereocenters. The molecular weight excluding hydrogens is 362 g/mol. The van der Waals surface area contributed by atoms with Crippen molar-refractivity contribution in [3.8, 4) is 10.7 Å². The summed E-state index contributed by atoms with van der Waals surface area (Å²) < 4.78 is 5.80. The summed E-state index contributed by atoms with van der Waals surface area (Å²) in [6, 6.07) is 1.78. The molecule has 0 aliphatic carbocycles. The van der Waals surface area contributed by atoms with Crippen LogP contribution in [0.5, 0.6) is 0 Å². The van der Waals surface area contributed by atoms with Gasteiger partial charge in [-0.2, -0.15) is 0 Å². The number of thiazole rings is 1. The lowest BCUT2D eigenvalue weighted by molar-refractivity contribution is -0.117. The Morgan fingerprint density at radius 3 is 2.93 bits per heavy atom. The molecule has 2 aromatic rings. The Balaban J connectivity index is 1.55. The fraction of sp³-hybridized carbons (Fsp3) is 0.474. The first-order valence-corrected chi connectivity index (χ1v) is 10.2. The standard InChI is InChI=1S/C19H23N5O2S/c1-12-2-3-15(26-12)18-22-14(19-21-8-9-27-19)11-16(24-18)23-17(25)10-13-4-6-20-7-5-13/h3,8-9,11-13,20H,2,4-7,10H2,1H3,(H,22,23,24,25). The van der Waals surface area contributed by atoms with Gasteiger partial charge in [0, 0.05) is 30.5 Å². The van der Waals surface area contributed by atoms with Crippen LogP contribution in [0.25, 0.3) is 16.5 Å². The molecule has 0 aromatic carbocycles. The van der Waals surface area contributed by atoms with Gasteiger partial charge < -0.3 is 15.4 Å².